The van der Waals surface area contributed by atoms with Gasteiger partial charge in [-0.05, 0) is 49.1 Å². The molecule has 0 aromatic heterocycles. The summed E-state index contributed by atoms with van der Waals surface area (Å²) in [5, 5.41) is 2.79. The quantitative estimate of drug-likeness (QED) is 0.390. The van der Waals surface area contributed by atoms with Crippen molar-refractivity contribution in [3.05, 3.63) is 53.8 Å². The second kappa shape index (κ2) is 13.1. The summed E-state index contributed by atoms with van der Waals surface area (Å²) in [5.41, 5.74) is 0.913. The number of halogens is 1. The maximum atomic E-state index is 13.2. The molecule has 0 aliphatic rings. The van der Waals surface area contributed by atoms with Crippen LogP contribution in [0.5, 0.6) is 17.2 Å². The molecule has 0 saturated carbocycles. The van der Waals surface area contributed by atoms with Gasteiger partial charge in [0.05, 0.1) is 12.9 Å². The van der Waals surface area contributed by atoms with Crippen molar-refractivity contribution in [1.82, 2.24) is 10.0 Å². The van der Waals surface area contributed by atoms with E-state index >= 15 is 0 Å². The number of rotatable bonds is 14. The Labute approximate surface area is 200 Å². The Morgan fingerprint density at radius 1 is 1.06 bits per heavy atom. The highest BCUT2D eigenvalue weighted by atomic mass is 32.2. The zero-order chi connectivity index (χ0) is 25.1. The molecule has 0 bridgehead atoms. The number of methoxy groups -OCH3 is 1. The minimum absolute atomic E-state index is 0.0886. The zero-order valence-electron chi connectivity index (χ0n) is 20.0. The summed E-state index contributed by atoms with van der Waals surface area (Å²) >= 11 is 0. The third-order valence-corrected chi connectivity index (χ3v) is 6.36. The molecular formula is C24H33FN2O6S. The van der Waals surface area contributed by atoms with E-state index in [1.807, 2.05) is 12.1 Å². The lowest BCUT2D eigenvalue weighted by molar-refractivity contribution is -0.123. The van der Waals surface area contributed by atoms with Crippen LogP contribution >= 0.6 is 0 Å². The van der Waals surface area contributed by atoms with E-state index in [1.165, 1.54) is 26.2 Å². The lowest BCUT2D eigenvalue weighted by Crippen LogP contribution is -2.50. The summed E-state index contributed by atoms with van der Waals surface area (Å²) < 4.78 is 55.9. The Morgan fingerprint density at radius 2 is 1.79 bits per heavy atom. The topological polar surface area (TPSA) is 103 Å². The number of hydrogen-bond donors (Lipinski definition) is 2. The molecule has 0 heterocycles. The SMILES string of the molecule is CCS(=O)(=O)N[C@H](C(=O)NCCc1ccc(OCCOc2cccc(F)c2)c(OC)c1)C(C)C. The summed E-state index contributed by atoms with van der Waals surface area (Å²) in [4.78, 5) is 12.5. The van der Waals surface area contributed by atoms with E-state index < -0.39 is 16.1 Å². The van der Waals surface area contributed by atoms with E-state index in [0.717, 1.165) is 5.56 Å². The molecule has 2 aromatic carbocycles. The maximum absolute atomic E-state index is 13.2. The largest absolute Gasteiger partial charge is 0.493 e. The van der Waals surface area contributed by atoms with Crippen molar-refractivity contribution in [3.63, 3.8) is 0 Å². The second-order valence-corrected chi connectivity index (χ2v) is 9.97. The van der Waals surface area contributed by atoms with Crippen LogP contribution in [0.25, 0.3) is 0 Å². The normalized spacial score (nSPS) is 12.3. The van der Waals surface area contributed by atoms with Gasteiger partial charge in [-0.15, -0.1) is 0 Å². The first-order valence-corrected chi connectivity index (χ1v) is 12.8. The van der Waals surface area contributed by atoms with Crippen LogP contribution in [0.15, 0.2) is 42.5 Å². The Morgan fingerprint density at radius 3 is 2.44 bits per heavy atom. The van der Waals surface area contributed by atoms with Gasteiger partial charge in [-0.1, -0.05) is 26.0 Å². The third-order valence-electron chi connectivity index (χ3n) is 4.98. The van der Waals surface area contributed by atoms with Gasteiger partial charge in [0.25, 0.3) is 0 Å². The first-order chi connectivity index (χ1) is 16.1. The molecule has 10 heteroatoms. The highest BCUT2D eigenvalue weighted by Crippen LogP contribution is 2.28. The van der Waals surface area contributed by atoms with E-state index in [1.54, 1.807) is 32.0 Å². The van der Waals surface area contributed by atoms with E-state index in [-0.39, 0.29) is 36.6 Å². The molecule has 0 spiro atoms. The number of carbonyl (C=O) groups is 1. The van der Waals surface area contributed by atoms with Crippen LogP contribution in [0.4, 0.5) is 4.39 Å². The zero-order valence-corrected chi connectivity index (χ0v) is 20.8. The molecular weight excluding hydrogens is 463 g/mol. The van der Waals surface area contributed by atoms with Crippen LogP contribution in [0, 0.1) is 11.7 Å². The van der Waals surface area contributed by atoms with Crippen molar-refractivity contribution in [2.75, 3.05) is 32.6 Å². The first-order valence-electron chi connectivity index (χ1n) is 11.1. The minimum Gasteiger partial charge on any atom is -0.493 e. The molecule has 34 heavy (non-hydrogen) atoms. The van der Waals surface area contributed by atoms with Crippen LogP contribution in [0.1, 0.15) is 26.3 Å². The van der Waals surface area contributed by atoms with Crippen molar-refractivity contribution < 1.29 is 31.8 Å². The fraction of sp³-hybridized carbons (Fsp3) is 0.458. The summed E-state index contributed by atoms with van der Waals surface area (Å²) in [7, 11) is -1.96. The number of nitrogens with one attached hydrogen (secondary N) is 2. The molecule has 188 valence electrons. The van der Waals surface area contributed by atoms with Gasteiger partial charge >= 0.3 is 0 Å². The predicted molar refractivity (Wildman–Crippen MR) is 128 cm³/mol. The average Bonchev–Trinajstić information content (AvgIpc) is 2.80. The number of sulfonamides is 1. The summed E-state index contributed by atoms with van der Waals surface area (Å²) in [6, 6.07) is 10.5. The molecule has 2 rings (SSSR count). The van der Waals surface area contributed by atoms with Crippen LogP contribution in [0.3, 0.4) is 0 Å². The molecule has 1 amide bonds. The number of ether oxygens (including phenoxy) is 3. The van der Waals surface area contributed by atoms with Crippen molar-refractivity contribution >= 4 is 15.9 Å². The molecule has 0 saturated heterocycles. The predicted octanol–water partition coefficient (Wildman–Crippen LogP) is 2.91. The van der Waals surface area contributed by atoms with Crippen molar-refractivity contribution in [1.29, 1.82) is 0 Å². The monoisotopic (exact) mass is 496 g/mol. The number of carbonyl (C=O) groups excluding carboxylic acids is 1. The summed E-state index contributed by atoms with van der Waals surface area (Å²) in [5.74, 6) is 0.482. The molecule has 0 aliphatic heterocycles. The molecule has 8 nitrogen and oxygen atoms in total. The lowest BCUT2D eigenvalue weighted by Gasteiger charge is -2.21. The molecule has 0 unspecified atom stereocenters. The van der Waals surface area contributed by atoms with Gasteiger partial charge in [-0.3, -0.25) is 4.79 Å². The van der Waals surface area contributed by atoms with Gasteiger partial charge in [0, 0.05) is 12.6 Å². The minimum atomic E-state index is -3.49. The fourth-order valence-corrected chi connectivity index (χ4v) is 4.00. The van der Waals surface area contributed by atoms with Crippen molar-refractivity contribution in [3.8, 4) is 17.2 Å². The third kappa shape index (κ3) is 8.83. The smallest absolute Gasteiger partial charge is 0.238 e. The van der Waals surface area contributed by atoms with Crippen LogP contribution < -0.4 is 24.2 Å². The molecule has 1 atom stereocenters. The van der Waals surface area contributed by atoms with Gasteiger partial charge in [-0.2, -0.15) is 0 Å². The van der Waals surface area contributed by atoms with Gasteiger partial charge in [0.15, 0.2) is 11.5 Å². The van der Waals surface area contributed by atoms with Crippen molar-refractivity contribution in [2.45, 2.75) is 33.2 Å². The number of amides is 1. The Hall–Kier alpha value is -2.85. The molecule has 2 aromatic rings. The lowest BCUT2D eigenvalue weighted by atomic mass is 10.0. The molecule has 0 aliphatic carbocycles. The Balaban J connectivity index is 1.85. The van der Waals surface area contributed by atoms with E-state index in [0.29, 0.717) is 30.2 Å². The van der Waals surface area contributed by atoms with Gasteiger partial charge in [-0.25, -0.2) is 17.5 Å². The maximum Gasteiger partial charge on any atom is 0.238 e. The standard InChI is InChI=1S/C24H33FN2O6S/c1-5-34(29,30)27-23(17(2)3)24(28)26-12-11-18-9-10-21(22(15-18)31-4)33-14-13-32-20-8-6-7-19(25)16-20/h6-10,15-17,23,27H,5,11-14H2,1-4H3,(H,26,28)/t23-/m0/s1. The van der Waals surface area contributed by atoms with Crippen LogP contribution in [-0.2, 0) is 21.2 Å². The average molecular weight is 497 g/mol. The highest BCUT2D eigenvalue weighted by Gasteiger charge is 2.26. The molecule has 0 fully saturated rings. The number of hydrogen-bond acceptors (Lipinski definition) is 6. The molecule has 0 radical (unpaired) electrons. The highest BCUT2D eigenvalue weighted by molar-refractivity contribution is 7.89. The van der Waals surface area contributed by atoms with E-state index in [9.17, 15) is 17.6 Å². The Bertz CT molecular complexity index is 1050. The van der Waals surface area contributed by atoms with E-state index in [4.69, 9.17) is 14.2 Å². The fourth-order valence-electron chi connectivity index (χ4n) is 3.06. The summed E-state index contributed by atoms with van der Waals surface area (Å²) in [6.45, 7) is 5.91. The van der Waals surface area contributed by atoms with Gasteiger partial charge in [0.1, 0.15) is 30.8 Å². The van der Waals surface area contributed by atoms with Crippen LogP contribution in [0.2, 0.25) is 0 Å². The molecule has 2 N–H and O–H groups in total. The number of benzene rings is 2. The second-order valence-electron chi connectivity index (χ2n) is 7.92. The Kier molecular flexibility index (Phi) is 10.6. The van der Waals surface area contributed by atoms with Gasteiger partial charge < -0.3 is 19.5 Å². The van der Waals surface area contributed by atoms with Crippen molar-refractivity contribution in [2.24, 2.45) is 5.92 Å². The van der Waals surface area contributed by atoms with E-state index in [2.05, 4.69) is 10.0 Å². The van der Waals surface area contributed by atoms with Gasteiger partial charge in [0.2, 0.25) is 15.9 Å². The summed E-state index contributed by atoms with van der Waals surface area (Å²) in [6.07, 6.45) is 0.524. The van der Waals surface area contributed by atoms with Crippen LogP contribution in [-0.4, -0.2) is 53.0 Å². The first kappa shape index (κ1) is 27.4.